The van der Waals surface area contributed by atoms with Crippen molar-refractivity contribution in [2.45, 2.75) is 26.3 Å². The number of ether oxygens (including phenoxy) is 1. The van der Waals surface area contributed by atoms with Gasteiger partial charge in [-0.25, -0.2) is 9.59 Å². The Morgan fingerprint density at radius 3 is 2.21 bits per heavy atom. The fourth-order valence-corrected chi connectivity index (χ4v) is 3.77. The van der Waals surface area contributed by atoms with Crippen LogP contribution in [0.2, 0.25) is 0 Å². The van der Waals surface area contributed by atoms with Gasteiger partial charge in [0.05, 0.1) is 11.3 Å². The minimum Gasteiger partial charge on any atom is -0.478 e. The molecule has 4 rings (SSSR count). The average Bonchev–Trinajstić information content (AvgIpc) is 2.85. The van der Waals surface area contributed by atoms with Crippen molar-refractivity contribution in [2.75, 3.05) is 26.2 Å². The number of aromatic carboxylic acids is 1. The average molecular weight is 461 g/mol. The molecule has 34 heavy (non-hydrogen) atoms. The molecular weight excluding hydrogens is 432 g/mol. The summed E-state index contributed by atoms with van der Waals surface area (Å²) in [7, 11) is 0. The number of pyridine rings is 2. The van der Waals surface area contributed by atoms with E-state index in [9.17, 15) is 9.59 Å². The summed E-state index contributed by atoms with van der Waals surface area (Å²) in [5.41, 5.74) is 4.36. The van der Waals surface area contributed by atoms with Crippen molar-refractivity contribution in [1.82, 2.24) is 19.8 Å². The van der Waals surface area contributed by atoms with Gasteiger partial charge >= 0.3 is 12.1 Å². The Morgan fingerprint density at radius 2 is 1.59 bits per heavy atom. The molecule has 8 nitrogen and oxygen atoms in total. The molecule has 1 aromatic carbocycles. The summed E-state index contributed by atoms with van der Waals surface area (Å²) in [6.07, 6.45) is 4.65. The minimum absolute atomic E-state index is 0.174. The maximum absolute atomic E-state index is 12.6. The van der Waals surface area contributed by atoms with Crippen LogP contribution in [0.3, 0.4) is 0 Å². The molecular formula is C26H28N4O4. The van der Waals surface area contributed by atoms with E-state index in [2.05, 4.69) is 27.0 Å². The minimum atomic E-state index is -0.986. The maximum atomic E-state index is 12.6. The van der Waals surface area contributed by atoms with E-state index in [1.165, 1.54) is 11.8 Å². The van der Waals surface area contributed by atoms with E-state index in [1.54, 1.807) is 17.0 Å². The largest absolute Gasteiger partial charge is 0.478 e. The number of piperazine rings is 1. The number of nitrogens with zero attached hydrogens (tertiary/aromatic N) is 4. The van der Waals surface area contributed by atoms with Gasteiger partial charge in [0, 0.05) is 50.8 Å². The molecule has 3 heterocycles. The highest BCUT2D eigenvalue weighted by Crippen LogP contribution is 2.16. The van der Waals surface area contributed by atoms with Crippen LogP contribution in [0.1, 0.15) is 32.9 Å². The van der Waals surface area contributed by atoms with Crippen molar-refractivity contribution < 1.29 is 19.4 Å². The number of carboxylic acids is 1. The van der Waals surface area contributed by atoms with Gasteiger partial charge in [-0.3, -0.25) is 14.9 Å². The lowest BCUT2D eigenvalue weighted by molar-refractivity contribution is 0.0696. The van der Waals surface area contributed by atoms with E-state index in [0.29, 0.717) is 38.5 Å². The number of carbonyl (C=O) groups excluding carboxylic acids is 1. The summed E-state index contributed by atoms with van der Waals surface area (Å²) in [6.45, 7) is 5.16. The lowest BCUT2D eigenvalue weighted by Gasteiger charge is -2.33. The Labute approximate surface area is 198 Å². The van der Waals surface area contributed by atoms with E-state index in [0.717, 1.165) is 29.8 Å². The zero-order valence-electron chi connectivity index (χ0n) is 19.2. The zero-order valence-corrected chi connectivity index (χ0v) is 19.2. The topological polar surface area (TPSA) is 95.9 Å². The highest BCUT2D eigenvalue weighted by molar-refractivity contribution is 5.87. The molecule has 1 N–H and O–H groups in total. The van der Waals surface area contributed by atoms with E-state index in [4.69, 9.17) is 9.84 Å². The van der Waals surface area contributed by atoms with Crippen molar-refractivity contribution >= 4 is 12.1 Å². The van der Waals surface area contributed by atoms with Gasteiger partial charge in [0.2, 0.25) is 0 Å². The van der Waals surface area contributed by atoms with Gasteiger partial charge in [0.1, 0.15) is 5.75 Å². The Bertz CT molecular complexity index is 1110. The first-order valence-electron chi connectivity index (χ1n) is 11.3. The molecule has 176 valence electrons. The lowest BCUT2D eigenvalue weighted by Crippen LogP contribution is -2.49. The molecule has 1 fully saturated rings. The number of carbonyl (C=O) groups is 2. The fraction of sp³-hybridized carbons (Fsp3) is 0.308. The smallest absolute Gasteiger partial charge is 0.415 e. The molecule has 0 unspecified atom stereocenters. The third kappa shape index (κ3) is 6.39. The Morgan fingerprint density at radius 1 is 0.882 bits per heavy atom. The Kier molecular flexibility index (Phi) is 7.49. The molecule has 1 saturated heterocycles. The van der Waals surface area contributed by atoms with Crippen LogP contribution >= 0.6 is 0 Å². The number of aryl methyl sites for hydroxylation is 3. The third-order valence-electron chi connectivity index (χ3n) is 5.86. The molecule has 0 saturated carbocycles. The van der Waals surface area contributed by atoms with Gasteiger partial charge in [0.15, 0.2) is 0 Å². The molecule has 0 spiro atoms. The summed E-state index contributed by atoms with van der Waals surface area (Å²) < 4.78 is 5.56. The van der Waals surface area contributed by atoms with Crippen LogP contribution in [0.25, 0.3) is 0 Å². The van der Waals surface area contributed by atoms with Crippen molar-refractivity contribution in [3.05, 3.63) is 89.0 Å². The van der Waals surface area contributed by atoms with Crippen molar-refractivity contribution in [2.24, 2.45) is 0 Å². The van der Waals surface area contributed by atoms with Crippen LogP contribution in [0.5, 0.6) is 5.75 Å². The van der Waals surface area contributed by atoms with Crippen molar-refractivity contribution in [1.29, 1.82) is 0 Å². The second kappa shape index (κ2) is 10.9. The van der Waals surface area contributed by atoms with Gasteiger partial charge in [0.25, 0.3) is 0 Å². The molecule has 1 aliphatic heterocycles. The summed E-state index contributed by atoms with van der Waals surface area (Å²) >= 11 is 0. The van der Waals surface area contributed by atoms with Gasteiger partial charge in [-0.2, -0.15) is 0 Å². The van der Waals surface area contributed by atoms with Crippen LogP contribution in [-0.4, -0.2) is 63.1 Å². The molecule has 1 aliphatic rings. The Hall–Kier alpha value is -3.78. The van der Waals surface area contributed by atoms with Crippen LogP contribution in [0.15, 0.2) is 60.9 Å². The molecule has 3 aromatic rings. The number of hydrogen-bond donors (Lipinski definition) is 1. The van der Waals surface area contributed by atoms with Gasteiger partial charge < -0.3 is 14.7 Å². The number of benzene rings is 1. The highest BCUT2D eigenvalue weighted by atomic mass is 16.6. The van der Waals surface area contributed by atoms with Gasteiger partial charge in [-0.1, -0.05) is 18.2 Å². The Balaban J connectivity index is 1.21. The second-order valence-corrected chi connectivity index (χ2v) is 8.45. The quantitative estimate of drug-likeness (QED) is 0.576. The number of rotatable bonds is 7. The zero-order chi connectivity index (χ0) is 23.9. The van der Waals surface area contributed by atoms with Crippen LogP contribution in [0, 0.1) is 6.92 Å². The summed E-state index contributed by atoms with van der Waals surface area (Å²) in [4.78, 5) is 36.0. The van der Waals surface area contributed by atoms with Crippen LogP contribution in [-0.2, 0) is 19.4 Å². The SMILES string of the molecule is Cc1ccc(CCc2ccc(OC(=O)N3CCN(Cc4ccc(C(=O)O)cn4)CC3)cc2)nc1. The fourth-order valence-electron chi connectivity index (χ4n) is 3.77. The first-order valence-corrected chi connectivity index (χ1v) is 11.3. The lowest BCUT2D eigenvalue weighted by atomic mass is 10.1. The summed E-state index contributed by atoms with van der Waals surface area (Å²) in [5, 5.41) is 8.97. The second-order valence-electron chi connectivity index (χ2n) is 8.45. The first-order chi connectivity index (χ1) is 16.5. The van der Waals surface area contributed by atoms with Gasteiger partial charge in [-0.05, 0) is 61.2 Å². The van der Waals surface area contributed by atoms with E-state index in [1.807, 2.05) is 37.4 Å². The normalized spacial score (nSPS) is 14.1. The monoisotopic (exact) mass is 460 g/mol. The van der Waals surface area contributed by atoms with E-state index < -0.39 is 5.97 Å². The molecule has 8 heteroatoms. The molecule has 0 aliphatic carbocycles. The highest BCUT2D eigenvalue weighted by Gasteiger charge is 2.23. The van der Waals surface area contributed by atoms with E-state index >= 15 is 0 Å². The standard InChI is InChI=1S/C26H28N4O4/c1-19-2-7-22(27-16-19)8-3-20-4-10-24(11-5-20)34-26(33)30-14-12-29(13-15-30)18-23-9-6-21(17-28-23)25(31)32/h2,4-7,9-11,16-17H,3,8,12-15,18H2,1H3,(H,31,32). The molecule has 0 radical (unpaired) electrons. The summed E-state index contributed by atoms with van der Waals surface area (Å²) in [6, 6.07) is 15.0. The van der Waals surface area contributed by atoms with E-state index in [-0.39, 0.29) is 11.7 Å². The first kappa shape index (κ1) is 23.4. The predicted molar refractivity (Wildman–Crippen MR) is 127 cm³/mol. The number of aromatic nitrogens is 2. The third-order valence-corrected chi connectivity index (χ3v) is 5.86. The molecule has 2 aromatic heterocycles. The molecule has 0 atom stereocenters. The van der Waals surface area contributed by atoms with Crippen LogP contribution < -0.4 is 4.74 Å². The summed E-state index contributed by atoms with van der Waals surface area (Å²) in [5.74, 6) is -0.451. The van der Waals surface area contributed by atoms with Crippen molar-refractivity contribution in [3.8, 4) is 5.75 Å². The number of amides is 1. The van der Waals surface area contributed by atoms with Crippen LogP contribution in [0.4, 0.5) is 4.79 Å². The molecule has 0 bridgehead atoms. The maximum Gasteiger partial charge on any atom is 0.415 e. The molecule has 1 amide bonds. The number of hydrogen-bond acceptors (Lipinski definition) is 6. The predicted octanol–water partition coefficient (Wildman–Crippen LogP) is 3.59. The van der Waals surface area contributed by atoms with Gasteiger partial charge in [-0.15, -0.1) is 0 Å². The van der Waals surface area contributed by atoms with Crippen molar-refractivity contribution in [3.63, 3.8) is 0 Å². The number of carboxylic acid groups (broad SMARTS) is 1.